The first-order valence-corrected chi connectivity index (χ1v) is 4.96. The lowest BCUT2D eigenvalue weighted by Crippen LogP contribution is -2.48. The molecule has 0 aromatic heterocycles. The number of aliphatic carboxylic acids is 2. The second-order valence-corrected chi connectivity index (χ2v) is 3.94. The summed E-state index contributed by atoms with van der Waals surface area (Å²) in [6.45, 7) is 3.18. The minimum Gasteiger partial charge on any atom is -0.480 e. The monoisotopic (exact) mass is 222 g/mol. The first kappa shape index (κ1) is 12.2. The largest absolute Gasteiger partial charge is 0.480 e. The van der Waals surface area contributed by atoms with E-state index in [1.54, 1.807) is 32.0 Å². The van der Waals surface area contributed by atoms with Gasteiger partial charge in [-0.1, -0.05) is 44.2 Å². The molecule has 4 nitrogen and oxygen atoms in total. The highest BCUT2D eigenvalue weighted by Gasteiger charge is 2.50. The van der Waals surface area contributed by atoms with Crippen molar-refractivity contribution in [2.45, 2.75) is 19.3 Å². The predicted molar refractivity (Wildman–Crippen MR) is 58.2 cm³/mol. The third-order valence-electron chi connectivity index (χ3n) is 2.77. The van der Waals surface area contributed by atoms with Crippen LogP contribution in [0.3, 0.4) is 0 Å². The second kappa shape index (κ2) is 4.35. The third kappa shape index (κ3) is 1.66. The molecule has 0 bridgehead atoms. The van der Waals surface area contributed by atoms with Gasteiger partial charge in [0.15, 0.2) is 5.41 Å². The Hall–Kier alpha value is -1.84. The molecule has 0 unspecified atom stereocenters. The molecule has 0 atom stereocenters. The van der Waals surface area contributed by atoms with Crippen LogP contribution < -0.4 is 0 Å². The highest BCUT2D eigenvalue weighted by Crippen LogP contribution is 2.33. The molecular formula is C12H14O4. The van der Waals surface area contributed by atoms with Gasteiger partial charge >= 0.3 is 11.9 Å². The van der Waals surface area contributed by atoms with Gasteiger partial charge in [-0.15, -0.1) is 0 Å². The summed E-state index contributed by atoms with van der Waals surface area (Å²) in [7, 11) is 0. The Morgan fingerprint density at radius 3 is 1.81 bits per heavy atom. The maximum absolute atomic E-state index is 11.3. The molecule has 0 saturated carbocycles. The fourth-order valence-electron chi connectivity index (χ4n) is 1.87. The van der Waals surface area contributed by atoms with E-state index in [1.807, 2.05) is 0 Å². The molecule has 0 heterocycles. The molecule has 1 aromatic rings. The van der Waals surface area contributed by atoms with Crippen molar-refractivity contribution >= 4 is 11.9 Å². The van der Waals surface area contributed by atoms with E-state index in [0.29, 0.717) is 5.56 Å². The first-order valence-electron chi connectivity index (χ1n) is 4.96. The van der Waals surface area contributed by atoms with E-state index in [1.165, 1.54) is 12.1 Å². The lowest BCUT2D eigenvalue weighted by molar-refractivity contribution is -0.160. The van der Waals surface area contributed by atoms with E-state index >= 15 is 0 Å². The summed E-state index contributed by atoms with van der Waals surface area (Å²) in [4.78, 5) is 22.6. The highest BCUT2D eigenvalue weighted by molar-refractivity contribution is 6.05. The summed E-state index contributed by atoms with van der Waals surface area (Å²) in [5.74, 6) is -3.20. The Morgan fingerprint density at radius 2 is 1.50 bits per heavy atom. The molecule has 0 spiro atoms. The van der Waals surface area contributed by atoms with Crippen LogP contribution in [0.4, 0.5) is 0 Å². The van der Waals surface area contributed by atoms with Crippen LogP contribution in [0.5, 0.6) is 0 Å². The fourth-order valence-corrected chi connectivity index (χ4v) is 1.87. The molecule has 1 rings (SSSR count). The van der Waals surface area contributed by atoms with Crippen molar-refractivity contribution in [1.29, 1.82) is 0 Å². The Labute approximate surface area is 93.5 Å². The van der Waals surface area contributed by atoms with E-state index in [-0.39, 0.29) is 0 Å². The van der Waals surface area contributed by atoms with Crippen LogP contribution in [0.2, 0.25) is 0 Å². The number of carbonyl (C=O) groups is 2. The van der Waals surface area contributed by atoms with Crippen molar-refractivity contribution in [1.82, 2.24) is 0 Å². The number of hydrogen-bond acceptors (Lipinski definition) is 2. The Kier molecular flexibility index (Phi) is 3.32. The van der Waals surface area contributed by atoms with Crippen molar-refractivity contribution in [2.75, 3.05) is 0 Å². The van der Waals surface area contributed by atoms with Gasteiger partial charge in [0.2, 0.25) is 0 Å². The summed E-state index contributed by atoms with van der Waals surface area (Å²) in [6.07, 6.45) is 0. The molecule has 0 saturated heterocycles. The van der Waals surface area contributed by atoms with Gasteiger partial charge in [0.05, 0.1) is 0 Å². The van der Waals surface area contributed by atoms with Crippen LogP contribution in [0.15, 0.2) is 30.3 Å². The van der Waals surface area contributed by atoms with Crippen LogP contribution in [-0.4, -0.2) is 22.2 Å². The maximum atomic E-state index is 11.3. The zero-order chi connectivity index (χ0) is 12.3. The minimum absolute atomic E-state index is 0.296. The number of benzene rings is 1. The SMILES string of the molecule is CC(C)C(C(=O)O)(C(=O)O)c1ccccc1. The van der Waals surface area contributed by atoms with Gasteiger partial charge in [-0.05, 0) is 11.5 Å². The molecule has 0 aliphatic rings. The van der Waals surface area contributed by atoms with Gasteiger partial charge in [0, 0.05) is 0 Å². The van der Waals surface area contributed by atoms with Crippen LogP contribution in [-0.2, 0) is 15.0 Å². The lowest BCUT2D eigenvalue weighted by atomic mass is 9.71. The Morgan fingerprint density at radius 1 is 1.06 bits per heavy atom. The first-order chi connectivity index (χ1) is 7.44. The normalized spacial score (nSPS) is 11.4. The average Bonchev–Trinajstić information content (AvgIpc) is 2.18. The number of hydrogen-bond donors (Lipinski definition) is 2. The van der Waals surface area contributed by atoms with Crippen LogP contribution >= 0.6 is 0 Å². The van der Waals surface area contributed by atoms with E-state index < -0.39 is 23.3 Å². The number of rotatable bonds is 4. The highest BCUT2D eigenvalue weighted by atomic mass is 16.4. The quantitative estimate of drug-likeness (QED) is 0.761. The molecule has 86 valence electrons. The molecule has 0 amide bonds. The summed E-state index contributed by atoms with van der Waals surface area (Å²) >= 11 is 0. The molecule has 0 aliphatic heterocycles. The van der Waals surface area contributed by atoms with Gasteiger partial charge in [-0.2, -0.15) is 0 Å². The second-order valence-electron chi connectivity index (χ2n) is 3.94. The van der Waals surface area contributed by atoms with Gasteiger partial charge in [-0.25, -0.2) is 0 Å². The standard InChI is InChI=1S/C12H14O4/c1-8(2)12(10(13)14,11(15)16)9-6-4-3-5-7-9/h3-8H,1-2H3,(H,13,14)(H,15,16). The molecule has 0 radical (unpaired) electrons. The molecule has 0 aliphatic carbocycles. The van der Waals surface area contributed by atoms with Gasteiger partial charge in [0.25, 0.3) is 0 Å². The van der Waals surface area contributed by atoms with Crippen LogP contribution in [0, 0.1) is 5.92 Å². The third-order valence-corrected chi connectivity index (χ3v) is 2.77. The Bertz CT molecular complexity index is 381. The fraction of sp³-hybridized carbons (Fsp3) is 0.333. The molecule has 0 fully saturated rings. The van der Waals surface area contributed by atoms with Crippen LogP contribution in [0.25, 0.3) is 0 Å². The van der Waals surface area contributed by atoms with Crippen molar-refractivity contribution in [3.8, 4) is 0 Å². The topological polar surface area (TPSA) is 74.6 Å². The predicted octanol–water partition coefficient (Wildman–Crippen LogP) is 1.75. The maximum Gasteiger partial charge on any atom is 0.325 e. The summed E-state index contributed by atoms with van der Waals surface area (Å²) < 4.78 is 0. The zero-order valence-corrected chi connectivity index (χ0v) is 9.18. The number of carboxylic acids is 2. The average molecular weight is 222 g/mol. The lowest BCUT2D eigenvalue weighted by Gasteiger charge is -2.29. The van der Waals surface area contributed by atoms with Crippen molar-refractivity contribution < 1.29 is 19.8 Å². The minimum atomic E-state index is -1.87. The van der Waals surface area contributed by atoms with Crippen molar-refractivity contribution in [2.24, 2.45) is 5.92 Å². The smallest absolute Gasteiger partial charge is 0.325 e. The van der Waals surface area contributed by atoms with Gasteiger partial charge in [-0.3, -0.25) is 9.59 Å². The van der Waals surface area contributed by atoms with Gasteiger partial charge in [0.1, 0.15) is 0 Å². The van der Waals surface area contributed by atoms with Crippen molar-refractivity contribution in [3.63, 3.8) is 0 Å². The summed E-state index contributed by atoms with van der Waals surface area (Å²) in [5, 5.41) is 18.5. The van der Waals surface area contributed by atoms with E-state index in [9.17, 15) is 19.8 Å². The molecular weight excluding hydrogens is 208 g/mol. The molecule has 1 aromatic carbocycles. The molecule has 2 N–H and O–H groups in total. The summed E-state index contributed by atoms with van der Waals surface area (Å²) in [5.41, 5.74) is -1.58. The van der Waals surface area contributed by atoms with Gasteiger partial charge < -0.3 is 10.2 Å². The van der Waals surface area contributed by atoms with E-state index in [0.717, 1.165) is 0 Å². The van der Waals surface area contributed by atoms with E-state index in [2.05, 4.69) is 0 Å². The van der Waals surface area contributed by atoms with E-state index in [4.69, 9.17) is 0 Å². The Balaban J connectivity index is 3.46. The van der Waals surface area contributed by atoms with Crippen LogP contribution in [0.1, 0.15) is 19.4 Å². The van der Waals surface area contributed by atoms with Crippen molar-refractivity contribution in [3.05, 3.63) is 35.9 Å². The summed E-state index contributed by atoms with van der Waals surface area (Å²) in [6, 6.07) is 8.06. The molecule has 16 heavy (non-hydrogen) atoms. The molecule has 4 heteroatoms. The number of carboxylic acid groups (broad SMARTS) is 2. The zero-order valence-electron chi connectivity index (χ0n) is 9.18.